The molecular formula is C26H26ClF3N2O3. The first-order valence-electron chi connectivity index (χ1n) is 10.8. The fourth-order valence-corrected chi connectivity index (χ4v) is 4.11. The van der Waals surface area contributed by atoms with Crippen LogP contribution < -0.4 is 0 Å². The molecule has 0 atom stereocenters. The Morgan fingerprint density at radius 1 is 1.03 bits per heavy atom. The zero-order valence-electron chi connectivity index (χ0n) is 19.8. The summed E-state index contributed by atoms with van der Waals surface area (Å²) in [5.41, 5.74) is -1.01. The maximum absolute atomic E-state index is 14.2. The van der Waals surface area contributed by atoms with Crippen molar-refractivity contribution in [1.82, 2.24) is 9.47 Å². The Kier molecular flexibility index (Phi) is 7.65. The number of esters is 1. The third-order valence-electron chi connectivity index (χ3n) is 5.65. The zero-order valence-corrected chi connectivity index (χ0v) is 20.6. The van der Waals surface area contributed by atoms with Crippen molar-refractivity contribution in [2.45, 2.75) is 26.6 Å². The van der Waals surface area contributed by atoms with E-state index in [1.54, 1.807) is 68.4 Å². The highest BCUT2D eigenvalue weighted by molar-refractivity contribution is 6.30. The van der Waals surface area contributed by atoms with Crippen molar-refractivity contribution in [3.05, 3.63) is 82.6 Å². The van der Waals surface area contributed by atoms with Gasteiger partial charge in [0.25, 0.3) is 5.91 Å². The van der Waals surface area contributed by atoms with Gasteiger partial charge in [0.2, 0.25) is 0 Å². The smallest absolute Gasteiger partial charge is 0.431 e. The van der Waals surface area contributed by atoms with Crippen LogP contribution in [0, 0.1) is 5.41 Å². The molecule has 0 N–H and O–H groups in total. The second kappa shape index (κ2) is 10.2. The zero-order chi connectivity index (χ0) is 26.0. The Balaban J connectivity index is 2.20. The Hall–Kier alpha value is -3.26. The van der Waals surface area contributed by atoms with E-state index in [0.717, 1.165) is 10.6 Å². The maximum Gasteiger partial charge on any atom is 0.431 e. The highest BCUT2D eigenvalue weighted by Crippen LogP contribution is 2.38. The average molecular weight is 507 g/mol. The Morgan fingerprint density at radius 2 is 1.63 bits per heavy atom. The molecule has 0 unspecified atom stereocenters. The van der Waals surface area contributed by atoms with Gasteiger partial charge in [-0.05, 0) is 43.2 Å². The lowest BCUT2D eigenvalue weighted by molar-refractivity contribution is -0.151. The molecule has 0 aliphatic heterocycles. The third-order valence-corrected chi connectivity index (χ3v) is 5.90. The Bertz CT molecular complexity index is 1200. The monoisotopic (exact) mass is 506 g/mol. The van der Waals surface area contributed by atoms with Gasteiger partial charge in [-0.25, -0.2) is 0 Å². The van der Waals surface area contributed by atoms with Gasteiger partial charge in [0.05, 0.1) is 12.5 Å². The lowest BCUT2D eigenvalue weighted by Crippen LogP contribution is -2.41. The highest BCUT2D eigenvalue weighted by Gasteiger charge is 2.40. The molecule has 0 aliphatic carbocycles. The molecule has 5 nitrogen and oxygen atoms in total. The van der Waals surface area contributed by atoms with Crippen LogP contribution in [0.1, 0.15) is 35.6 Å². The molecule has 9 heteroatoms. The number of carbonyl (C=O) groups is 2. The topological polar surface area (TPSA) is 51.5 Å². The van der Waals surface area contributed by atoms with Crippen LogP contribution in [0.25, 0.3) is 11.1 Å². The first kappa shape index (κ1) is 26.3. The molecule has 0 saturated heterocycles. The molecular weight excluding hydrogens is 481 g/mol. The summed E-state index contributed by atoms with van der Waals surface area (Å²) in [5.74, 6) is -1.19. The number of hydrogen-bond acceptors (Lipinski definition) is 3. The van der Waals surface area contributed by atoms with E-state index < -0.39 is 29.2 Å². The van der Waals surface area contributed by atoms with Gasteiger partial charge in [-0.1, -0.05) is 54.1 Å². The standard InChI is InChI=1S/C26H26ClF3N2O3/c1-25(2,24(34)35-4)16-31(3)23(33)22-20(18-10-12-19(27)13-11-18)14-21(26(28,29)30)32(22)15-17-8-6-5-7-9-17/h5-14H,15-16H2,1-4H3. The molecule has 0 bridgehead atoms. The number of alkyl halides is 3. The fourth-order valence-electron chi connectivity index (χ4n) is 3.98. The molecule has 0 saturated carbocycles. The van der Waals surface area contributed by atoms with Gasteiger partial charge >= 0.3 is 12.1 Å². The molecule has 0 radical (unpaired) electrons. The van der Waals surface area contributed by atoms with Crippen LogP contribution in [0.15, 0.2) is 60.7 Å². The van der Waals surface area contributed by atoms with Gasteiger partial charge in [0, 0.05) is 30.7 Å². The molecule has 186 valence electrons. The molecule has 1 heterocycles. The van der Waals surface area contributed by atoms with Gasteiger partial charge in [0.15, 0.2) is 0 Å². The number of carbonyl (C=O) groups excluding carboxylic acids is 2. The van der Waals surface area contributed by atoms with E-state index in [9.17, 15) is 22.8 Å². The summed E-state index contributed by atoms with van der Waals surface area (Å²) < 4.78 is 48.4. The van der Waals surface area contributed by atoms with Gasteiger partial charge < -0.3 is 14.2 Å². The van der Waals surface area contributed by atoms with Crippen LogP contribution in [-0.4, -0.2) is 42.0 Å². The molecule has 0 aliphatic rings. The molecule has 1 amide bonds. The highest BCUT2D eigenvalue weighted by atomic mass is 35.5. The van der Waals surface area contributed by atoms with E-state index in [0.29, 0.717) is 16.1 Å². The number of amides is 1. The lowest BCUT2D eigenvalue weighted by Gasteiger charge is -2.28. The van der Waals surface area contributed by atoms with E-state index >= 15 is 0 Å². The third kappa shape index (κ3) is 5.88. The van der Waals surface area contributed by atoms with Crippen molar-refractivity contribution in [3.8, 4) is 11.1 Å². The lowest BCUT2D eigenvalue weighted by atomic mass is 9.93. The van der Waals surface area contributed by atoms with Crippen LogP contribution >= 0.6 is 11.6 Å². The second-order valence-electron chi connectivity index (χ2n) is 8.90. The summed E-state index contributed by atoms with van der Waals surface area (Å²) in [7, 11) is 2.69. The van der Waals surface area contributed by atoms with Crippen LogP contribution in [0.4, 0.5) is 13.2 Å². The SMILES string of the molecule is COC(=O)C(C)(C)CN(C)C(=O)c1c(-c2ccc(Cl)cc2)cc(C(F)(F)F)n1Cc1ccccc1. The minimum Gasteiger partial charge on any atom is -0.469 e. The summed E-state index contributed by atoms with van der Waals surface area (Å²) in [6, 6.07) is 15.8. The molecule has 2 aromatic carbocycles. The number of halogens is 4. The number of benzene rings is 2. The number of nitrogens with zero attached hydrogens (tertiary/aromatic N) is 2. The van der Waals surface area contributed by atoms with Gasteiger partial charge in [-0.2, -0.15) is 13.2 Å². The quantitative estimate of drug-likeness (QED) is 0.361. The molecule has 0 fully saturated rings. The van der Waals surface area contributed by atoms with Crippen molar-refractivity contribution < 1.29 is 27.5 Å². The van der Waals surface area contributed by atoms with Crippen molar-refractivity contribution in [2.24, 2.45) is 5.41 Å². The van der Waals surface area contributed by atoms with Crippen molar-refractivity contribution in [1.29, 1.82) is 0 Å². The largest absolute Gasteiger partial charge is 0.469 e. The van der Waals surface area contributed by atoms with Crippen molar-refractivity contribution in [2.75, 3.05) is 20.7 Å². The van der Waals surface area contributed by atoms with E-state index in [4.69, 9.17) is 16.3 Å². The van der Waals surface area contributed by atoms with Crippen LogP contribution in [-0.2, 0) is 22.3 Å². The number of rotatable bonds is 7. The summed E-state index contributed by atoms with van der Waals surface area (Å²) in [4.78, 5) is 27.1. The molecule has 0 spiro atoms. The number of aromatic nitrogens is 1. The number of methoxy groups -OCH3 is 1. The van der Waals surface area contributed by atoms with E-state index in [1.165, 1.54) is 19.1 Å². The average Bonchev–Trinajstić information content (AvgIpc) is 3.18. The second-order valence-corrected chi connectivity index (χ2v) is 9.34. The normalized spacial score (nSPS) is 11.9. The Morgan fingerprint density at radius 3 is 2.17 bits per heavy atom. The fraction of sp³-hybridized carbons (Fsp3) is 0.308. The van der Waals surface area contributed by atoms with Gasteiger partial charge in [0.1, 0.15) is 11.4 Å². The number of ether oxygens (including phenoxy) is 1. The van der Waals surface area contributed by atoms with E-state index in [2.05, 4.69) is 0 Å². The first-order valence-corrected chi connectivity index (χ1v) is 11.2. The van der Waals surface area contributed by atoms with Crippen LogP contribution in [0.5, 0.6) is 0 Å². The molecule has 3 rings (SSSR count). The predicted molar refractivity (Wildman–Crippen MR) is 128 cm³/mol. The molecule has 3 aromatic rings. The predicted octanol–water partition coefficient (Wildman–Crippen LogP) is 6.15. The first-order chi connectivity index (χ1) is 16.3. The van der Waals surface area contributed by atoms with Crippen LogP contribution in [0.2, 0.25) is 5.02 Å². The summed E-state index contributed by atoms with van der Waals surface area (Å²) in [5, 5.41) is 0.415. The summed E-state index contributed by atoms with van der Waals surface area (Å²) >= 11 is 5.98. The maximum atomic E-state index is 14.2. The van der Waals surface area contributed by atoms with E-state index in [-0.39, 0.29) is 24.3 Å². The van der Waals surface area contributed by atoms with Gasteiger partial charge in [-0.15, -0.1) is 0 Å². The Labute approximate surface area is 207 Å². The summed E-state index contributed by atoms with van der Waals surface area (Å²) in [6.07, 6.45) is -4.71. The van der Waals surface area contributed by atoms with Crippen molar-refractivity contribution >= 4 is 23.5 Å². The molecule has 35 heavy (non-hydrogen) atoms. The molecule has 1 aromatic heterocycles. The minimum absolute atomic E-state index is 0.0591. The van der Waals surface area contributed by atoms with Crippen LogP contribution in [0.3, 0.4) is 0 Å². The van der Waals surface area contributed by atoms with Crippen molar-refractivity contribution in [3.63, 3.8) is 0 Å². The van der Waals surface area contributed by atoms with Gasteiger partial charge in [-0.3, -0.25) is 9.59 Å². The summed E-state index contributed by atoms with van der Waals surface area (Å²) in [6.45, 7) is 2.98. The van der Waals surface area contributed by atoms with E-state index in [1.807, 2.05) is 0 Å². The number of hydrogen-bond donors (Lipinski definition) is 0. The minimum atomic E-state index is -4.71.